The van der Waals surface area contributed by atoms with Crippen molar-refractivity contribution in [3.8, 4) is 0 Å². The molecule has 1 heterocycles. The molecule has 14 heavy (non-hydrogen) atoms. The predicted octanol–water partition coefficient (Wildman–Crippen LogP) is 2.46. The minimum atomic E-state index is -4.75. The van der Waals surface area contributed by atoms with Crippen LogP contribution in [0.5, 0.6) is 0 Å². The van der Waals surface area contributed by atoms with Crippen LogP contribution >= 0.6 is 0 Å². The molecule has 0 spiro atoms. The van der Waals surface area contributed by atoms with Crippen molar-refractivity contribution in [2.75, 3.05) is 0 Å². The molecule has 1 aliphatic rings. The number of halogens is 3. The Morgan fingerprint density at radius 3 is 2.29 bits per heavy atom. The summed E-state index contributed by atoms with van der Waals surface area (Å²) in [6, 6.07) is 5.78. The molecule has 1 aliphatic heterocycles. The summed E-state index contributed by atoms with van der Waals surface area (Å²) in [6.45, 7) is 0. The molecule has 0 saturated heterocycles. The number of alkyl halides is 3. The van der Waals surface area contributed by atoms with Gasteiger partial charge in [0.25, 0.3) is 0 Å². The average molecular weight is 201 g/mol. The first kappa shape index (κ1) is 8.86. The molecule has 0 fully saturated rings. The summed E-state index contributed by atoms with van der Waals surface area (Å²) < 4.78 is 38.9. The van der Waals surface area contributed by atoms with E-state index in [0.717, 1.165) is 0 Å². The van der Waals surface area contributed by atoms with Crippen molar-refractivity contribution in [2.45, 2.75) is 6.36 Å². The van der Waals surface area contributed by atoms with Gasteiger partial charge < -0.3 is 4.74 Å². The number of benzene rings is 1. The van der Waals surface area contributed by atoms with Crippen molar-refractivity contribution in [1.82, 2.24) is 5.32 Å². The molecule has 0 unspecified atom stereocenters. The average Bonchev–Trinajstić information content (AvgIpc) is 2.42. The monoisotopic (exact) mass is 201 g/mol. The second-order valence-electron chi connectivity index (χ2n) is 2.54. The van der Waals surface area contributed by atoms with Gasteiger partial charge in [0.1, 0.15) is 0 Å². The molecule has 73 valence electrons. The zero-order valence-corrected chi connectivity index (χ0v) is 6.75. The Bertz CT molecular complexity index is 386. The smallest absolute Gasteiger partial charge is 0.371 e. The van der Waals surface area contributed by atoms with Gasteiger partial charge in [-0.1, -0.05) is 12.1 Å². The standard InChI is InChI=1S/C8H4F3N2O/c9-8(10,11)14-7-12-5-3-1-2-4-6(5)13-7/h1-4H. The van der Waals surface area contributed by atoms with Crippen LogP contribution in [0.2, 0.25) is 0 Å². The van der Waals surface area contributed by atoms with Crippen LogP contribution in [0.1, 0.15) is 0 Å². The van der Waals surface area contributed by atoms with Crippen LogP contribution < -0.4 is 5.32 Å². The van der Waals surface area contributed by atoms with Crippen LogP contribution in [0.25, 0.3) is 0 Å². The quantitative estimate of drug-likeness (QED) is 0.635. The van der Waals surface area contributed by atoms with Gasteiger partial charge in [0.2, 0.25) is 0 Å². The van der Waals surface area contributed by atoms with E-state index in [9.17, 15) is 13.2 Å². The number of fused-ring (bicyclic) bond motifs is 1. The molecule has 1 aromatic carbocycles. The molecular weight excluding hydrogens is 197 g/mol. The van der Waals surface area contributed by atoms with Gasteiger partial charge in [-0.05, 0) is 12.1 Å². The normalized spacial score (nSPS) is 14.4. The number of nitrogens with zero attached hydrogens (tertiary/aromatic N) is 2. The highest BCUT2D eigenvalue weighted by Crippen LogP contribution is 2.31. The van der Waals surface area contributed by atoms with E-state index in [0.29, 0.717) is 11.4 Å². The number of para-hydroxylation sites is 2. The van der Waals surface area contributed by atoms with Crippen LogP contribution in [0, 0.1) is 0 Å². The largest absolute Gasteiger partial charge is 0.575 e. The van der Waals surface area contributed by atoms with Crippen molar-refractivity contribution in [3.05, 3.63) is 24.3 Å². The third-order valence-corrected chi connectivity index (χ3v) is 1.52. The number of aliphatic imine (C=N–C) groups is 1. The number of hydrogen-bond donors (Lipinski definition) is 0. The predicted molar refractivity (Wildman–Crippen MR) is 42.5 cm³/mol. The number of rotatable bonds is 0. The van der Waals surface area contributed by atoms with Crippen molar-refractivity contribution >= 4 is 17.4 Å². The third-order valence-electron chi connectivity index (χ3n) is 1.52. The Kier molecular flexibility index (Phi) is 1.83. The fourth-order valence-corrected chi connectivity index (χ4v) is 1.03. The number of amidine groups is 1. The molecule has 0 amide bonds. The first-order valence-electron chi connectivity index (χ1n) is 3.70. The zero-order valence-electron chi connectivity index (χ0n) is 6.75. The van der Waals surface area contributed by atoms with Crippen molar-refractivity contribution in [1.29, 1.82) is 0 Å². The van der Waals surface area contributed by atoms with E-state index in [4.69, 9.17) is 0 Å². The van der Waals surface area contributed by atoms with Gasteiger partial charge in [-0.25, -0.2) is 0 Å². The molecule has 0 atom stereocenters. The van der Waals surface area contributed by atoms with Gasteiger partial charge in [0.05, 0.1) is 11.4 Å². The van der Waals surface area contributed by atoms with Crippen molar-refractivity contribution in [2.24, 2.45) is 4.99 Å². The molecule has 1 radical (unpaired) electrons. The lowest BCUT2D eigenvalue weighted by Crippen LogP contribution is -2.22. The SMILES string of the molecule is FC(F)(F)OC1=Nc2ccccc2[N]1. The van der Waals surface area contributed by atoms with Crippen LogP contribution in [0.4, 0.5) is 24.5 Å². The molecule has 0 bridgehead atoms. The molecule has 0 saturated carbocycles. The number of hydrogen-bond acceptors (Lipinski definition) is 2. The second-order valence-corrected chi connectivity index (χ2v) is 2.54. The highest BCUT2D eigenvalue weighted by molar-refractivity contribution is 5.90. The fourth-order valence-electron chi connectivity index (χ4n) is 1.03. The highest BCUT2D eigenvalue weighted by Gasteiger charge is 2.35. The lowest BCUT2D eigenvalue weighted by Gasteiger charge is -2.05. The van der Waals surface area contributed by atoms with E-state index in [1.807, 2.05) is 0 Å². The Labute approximate surface area is 77.2 Å². The van der Waals surface area contributed by atoms with Crippen LogP contribution in [0.15, 0.2) is 29.3 Å². The highest BCUT2D eigenvalue weighted by atomic mass is 19.4. The fraction of sp³-hybridized carbons (Fsp3) is 0.125. The molecule has 0 N–H and O–H groups in total. The Balaban J connectivity index is 2.16. The first-order chi connectivity index (χ1) is 6.54. The van der Waals surface area contributed by atoms with Gasteiger partial charge in [-0.15, -0.1) is 13.2 Å². The van der Waals surface area contributed by atoms with E-state index in [1.54, 1.807) is 24.3 Å². The molecular formula is C8H4F3N2O. The molecule has 0 aliphatic carbocycles. The molecule has 2 rings (SSSR count). The van der Waals surface area contributed by atoms with Gasteiger partial charge in [-0.2, -0.15) is 10.3 Å². The lowest BCUT2D eigenvalue weighted by atomic mass is 10.3. The summed E-state index contributed by atoms with van der Waals surface area (Å²) in [5.74, 6) is 0. The van der Waals surface area contributed by atoms with Gasteiger partial charge in [-0.3, -0.25) is 0 Å². The topological polar surface area (TPSA) is 35.7 Å². The Morgan fingerprint density at radius 1 is 1.07 bits per heavy atom. The summed E-state index contributed by atoms with van der Waals surface area (Å²) in [4.78, 5) is 3.54. The van der Waals surface area contributed by atoms with Crippen LogP contribution in [-0.4, -0.2) is 12.4 Å². The summed E-state index contributed by atoms with van der Waals surface area (Å²) in [6.07, 6.45) is -4.75. The summed E-state index contributed by atoms with van der Waals surface area (Å²) in [7, 11) is 0. The van der Waals surface area contributed by atoms with Crippen molar-refractivity contribution in [3.63, 3.8) is 0 Å². The summed E-state index contributed by atoms with van der Waals surface area (Å²) in [5, 5.41) is 3.54. The van der Waals surface area contributed by atoms with Gasteiger partial charge in [0, 0.05) is 0 Å². The minimum absolute atomic E-state index is 0.381. The molecule has 0 aromatic heterocycles. The summed E-state index contributed by atoms with van der Waals surface area (Å²) >= 11 is 0. The van der Waals surface area contributed by atoms with Crippen LogP contribution in [0.3, 0.4) is 0 Å². The Morgan fingerprint density at radius 2 is 1.71 bits per heavy atom. The Hall–Kier alpha value is -1.72. The van der Waals surface area contributed by atoms with E-state index < -0.39 is 12.4 Å². The van der Waals surface area contributed by atoms with E-state index >= 15 is 0 Å². The maximum atomic E-state index is 11.8. The van der Waals surface area contributed by atoms with E-state index in [-0.39, 0.29) is 0 Å². The molecule has 1 aromatic rings. The second kappa shape index (κ2) is 2.90. The van der Waals surface area contributed by atoms with E-state index in [2.05, 4.69) is 15.0 Å². The van der Waals surface area contributed by atoms with Crippen LogP contribution in [-0.2, 0) is 4.74 Å². The lowest BCUT2D eigenvalue weighted by molar-refractivity contribution is -0.284. The van der Waals surface area contributed by atoms with E-state index in [1.165, 1.54) is 0 Å². The maximum Gasteiger partial charge on any atom is 0.575 e. The zero-order chi connectivity index (χ0) is 10.2. The maximum absolute atomic E-state index is 11.8. The van der Waals surface area contributed by atoms with Gasteiger partial charge in [0.15, 0.2) is 0 Å². The van der Waals surface area contributed by atoms with Crippen molar-refractivity contribution < 1.29 is 17.9 Å². The molecule has 6 heteroatoms. The minimum Gasteiger partial charge on any atom is -0.371 e. The first-order valence-corrected chi connectivity index (χ1v) is 3.70. The third kappa shape index (κ3) is 1.78. The summed E-state index contributed by atoms with van der Waals surface area (Å²) in [5.41, 5.74) is 0.763. The van der Waals surface area contributed by atoms with Gasteiger partial charge >= 0.3 is 12.4 Å². The molecule has 3 nitrogen and oxygen atoms in total. The number of ether oxygens (including phenoxy) is 1.